The maximum absolute atomic E-state index is 14.2. The number of hydrogen-bond acceptors (Lipinski definition) is 14. The number of halogens is 11. The van der Waals surface area contributed by atoms with Crippen LogP contribution in [0.5, 0.6) is 0 Å². The second-order valence-corrected chi connectivity index (χ2v) is 21.9. The van der Waals surface area contributed by atoms with Gasteiger partial charge in [0.15, 0.2) is 11.4 Å². The zero-order valence-corrected chi connectivity index (χ0v) is 46.9. The molecule has 4 fully saturated rings. The zero-order chi connectivity index (χ0) is 61.7. The van der Waals surface area contributed by atoms with Crippen molar-refractivity contribution in [2.75, 3.05) is 98.1 Å². The Kier molecular flexibility index (Phi) is 19.0. The molecule has 4 aliphatic heterocycles. The van der Waals surface area contributed by atoms with E-state index in [2.05, 4.69) is 19.9 Å². The largest absolute Gasteiger partial charge is 0.437 e. The summed E-state index contributed by atoms with van der Waals surface area (Å²) in [5, 5.41) is 0. The molecule has 460 valence electrons. The van der Waals surface area contributed by atoms with E-state index in [1.54, 1.807) is 57.2 Å². The van der Waals surface area contributed by atoms with Crippen molar-refractivity contribution in [3.63, 3.8) is 0 Å². The number of piperidine rings is 2. The first-order valence-electron chi connectivity index (χ1n) is 28.0. The van der Waals surface area contributed by atoms with Crippen LogP contribution in [0.3, 0.4) is 0 Å². The highest BCUT2D eigenvalue weighted by Crippen LogP contribution is 2.38. The van der Waals surface area contributed by atoms with Crippen LogP contribution in [0.25, 0.3) is 0 Å². The number of piperazine rings is 2. The fourth-order valence-corrected chi connectivity index (χ4v) is 10.9. The molecule has 0 aliphatic carbocycles. The average molecular weight is 1220 g/mol. The highest BCUT2D eigenvalue weighted by molar-refractivity contribution is 5.97. The maximum atomic E-state index is 14.2. The van der Waals surface area contributed by atoms with E-state index >= 15 is 0 Å². The molecule has 2 atom stereocenters. The summed E-state index contributed by atoms with van der Waals surface area (Å²) >= 11 is 0. The van der Waals surface area contributed by atoms with Gasteiger partial charge in [0.05, 0.1) is 18.4 Å². The van der Waals surface area contributed by atoms with Crippen LogP contribution in [0.15, 0.2) is 88.0 Å². The lowest BCUT2D eigenvalue weighted by Gasteiger charge is -2.35. The molecular weight excluding hydrogens is 1150 g/mol. The topological polar surface area (TPSA) is 166 Å². The molecule has 27 heteroatoms. The summed E-state index contributed by atoms with van der Waals surface area (Å²) in [4.78, 5) is 77.3. The van der Waals surface area contributed by atoms with Gasteiger partial charge in [-0.25, -0.2) is 18.7 Å². The number of nitrogens with zero attached hydrogens (tertiary/aromatic N) is 10. The third-order valence-corrected chi connectivity index (χ3v) is 15.4. The first-order valence-corrected chi connectivity index (χ1v) is 28.0. The number of rotatable bonds is 14. The van der Waals surface area contributed by atoms with Crippen molar-refractivity contribution in [2.45, 2.75) is 83.7 Å². The number of carbonyl (C=O) groups excluding carboxylic acids is 4. The number of amides is 2. The number of anilines is 4. The molecule has 4 saturated heterocycles. The molecule has 4 aromatic heterocycles. The van der Waals surface area contributed by atoms with Crippen LogP contribution >= 0.6 is 0 Å². The fourth-order valence-electron chi connectivity index (χ4n) is 10.9. The van der Waals surface area contributed by atoms with Gasteiger partial charge in [0.1, 0.15) is 23.3 Å². The molecule has 0 radical (unpaired) electrons. The number of benzene rings is 2. The molecule has 6 aromatic rings. The molecule has 2 amide bonds. The van der Waals surface area contributed by atoms with Crippen molar-refractivity contribution in [3.05, 3.63) is 141 Å². The molecule has 0 spiro atoms. The van der Waals surface area contributed by atoms with E-state index in [4.69, 9.17) is 8.83 Å². The Balaban J connectivity index is 0.000000206. The molecule has 16 nitrogen and oxygen atoms in total. The van der Waals surface area contributed by atoms with E-state index in [1.165, 1.54) is 23.4 Å². The van der Waals surface area contributed by atoms with Crippen molar-refractivity contribution < 1.29 is 76.3 Å². The highest BCUT2D eigenvalue weighted by atomic mass is 19.4. The van der Waals surface area contributed by atoms with Crippen LogP contribution in [-0.2, 0) is 53.8 Å². The Bertz CT molecular complexity index is 3350. The lowest BCUT2D eigenvalue weighted by atomic mass is 10.0. The molecule has 2 aromatic carbocycles. The Hall–Kier alpha value is -8.13. The first kappa shape index (κ1) is 62.4. The summed E-state index contributed by atoms with van der Waals surface area (Å²) in [6, 6.07) is 14.8. The van der Waals surface area contributed by atoms with E-state index in [0.29, 0.717) is 80.7 Å². The minimum absolute atomic E-state index is 0.00641. The second kappa shape index (κ2) is 26.2. The van der Waals surface area contributed by atoms with E-state index in [0.717, 1.165) is 43.9 Å². The number of aromatic nitrogens is 4. The van der Waals surface area contributed by atoms with Gasteiger partial charge in [-0.2, -0.15) is 49.5 Å². The van der Waals surface area contributed by atoms with E-state index in [1.807, 2.05) is 23.6 Å². The Labute approximate surface area is 487 Å². The molecule has 10 rings (SSSR count). The van der Waals surface area contributed by atoms with E-state index in [-0.39, 0.29) is 68.8 Å². The van der Waals surface area contributed by atoms with Gasteiger partial charge in [0.2, 0.25) is 34.9 Å². The molecule has 86 heavy (non-hydrogen) atoms. The molecule has 8 heterocycles. The molecular formula is C59H61F11N10O6. The third-order valence-electron chi connectivity index (χ3n) is 15.4. The van der Waals surface area contributed by atoms with Crippen LogP contribution < -0.4 is 19.6 Å². The molecule has 0 N–H and O–H groups in total. The lowest BCUT2D eigenvalue weighted by molar-refractivity contribution is -0.142. The van der Waals surface area contributed by atoms with Gasteiger partial charge >= 0.3 is 18.5 Å². The highest BCUT2D eigenvalue weighted by Gasteiger charge is 2.44. The number of hydrogen-bond donors (Lipinski definition) is 0. The number of ketones is 2. The van der Waals surface area contributed by atoms with Gasteiger partial charge in [-0.05, 0) is 84.5 Å². The fraction of sp³-hybridized carbons (Fsp3) is 0.458. The number of carbonyl (C=O) groups is 4. The number of oxazole rings is 2. The van der Waals surface area contributed by atoms with Crippen LogP contribution in [-0.4, -0.2) is 132 Å². The smallest absolute Gasteiger partial charge is 0.420 e. The summed E-state index contributed by atoms with van der Waals surface area (Å²) in [5.41, 5.74) is -3.40. The second-order valence-electron chi connectivity index (χ2n) is 21.9. The maximum Gasteiger partial charge on any atom is 0.437 e. The van der Waals surface area contributed by atoms with Crippen molar-refractivity contribution in [1.82, 2.24) is 29.7 Å². The zero-order valence-electron chi connectivity index (χ0n) is 46.9. The summed E-state index contributed by atoms with van der Waals surface area (Å²) in [6.45, 7) is 8.77. The number of pyridine rings is 2. The third kappa shape index (κ3) is 15.3. The van der Waals surface area contributed by atoms with Gasteiger partial charge in [-0.15, -0.1) is 0 Å². The van der Waals surface area contributed by atoms with Crippen LogP contribution in [0.1, 0.15) is 99.8 Å². The van der Waals surface area contributed by atoms with Gasteiger partial charge in [-0.3, -0.25) is 19.2 Å². The number of alkyl halides is 9. The predicted molar refractivity (Wildman–Crippen MR) is 292 cm³/mol. The minimum atomic E-state index is -4.88. The monoisotopic (exact) mass is 1210 g/mol. The first-order chi connectivity index (χ1) is 40.8. The molecule has 2 unspecified atom stereocenters. The molecule has 0 bridgehead atoms. The van der Waals surface area contributed by atoms with Crippen molar-refractivity contribution in [2.24, 2.45) is 11.8 Å². The average Bonchev–Trinajstić information content (AvgIpc) is 4.29. The van der Waals surface area contributed by atoms with E-state index < -0.39 is 94.5 Å². The lowest BCUT2D eigenvalue weighted by Crippen LogP contribution is -2.49. The summed E-state index contributed by atoms with van der Waals surface area (Å²) in [7, 11) is 0. The van der Waals surface area contributed by atoms with Crippen LogP contribution in [0.2, 0.25) is 0 Å². The van der Waals surface area contributed by atoms with Gasteiger partial charge in [0, 0.05) is 109 Å². The van der Waals surface area contributed by atoms with Gasteiger partial charge in [-0.1, -0.05) is 50.2 Å². The SMILES string of the molecule is CC1CCCN(c2nc(C(F)(F)F)c(C(=O)Cc3ccc(N4CCN(C(=O)Cc5c(F)cccc5C(F)(F)F)CC4)nc3)o2)C1.CC1CCCN(c2nc(C(F)(F)F)c(C(=O)Cc3ccc(N4CCN(C(=O)Cc5ccccc5F)CC4)nc3)o2)C1. The standard InChI is InChI=1S/C30H30F7N5O3.C29H31F4N5O3/c1-18-4-3-9-42(17-18)28-39-27(30(35,36)37)26(45-28)23(43)14-19-7-8-24(38-16-19)40-10-12-41(13-11-40)25(44)15-20-21(29(32,33)34)5-2-6-22(20)31;1-19-5-4-10-38(18-19)28-35-27(29(31,32)33)26(41-28)23(39)15-20-8-9-24(34-17-20)36-11-13-37(14-12-36)25(40)16-21-6-2-3-7-22(21)30/h2,5-8,16,18H,3-4,9-15,17H2,1H3;2-3,6-9,17,19H,4-5,10-16,18H2,1H3. The van der Waals surface area contributed by atoms with Gasteiger partial charge < -0.3 is 38.2 Å². The summed E-state index contributed by atoms with van der Waals surface area (Å²) in [5.74, 6) is -4.02. The molecule has 4 aliphatic rings. The molecule has 0 saturated carbocycles. The van der Waals surface area contributed by atoms with Crippen molar-refractivity contribution in [3.8, 4) is 0 Å². The summed E-state index contributed by atoms with van der Waals surface area (Å²) < 4.78 is 161. The van der Waals surface area contributed by atoms with Crippen molar-refractivity contribution in [1.29, 1.82) is 0 Å². The minimum Gasteiger partial charge on any atom is -0.420 e. The Morgan fingerprint density at radius 2 is 0.942 bits per heavy atom. The van der Waals surface area contributed by atoms with E-state index in [9.17, 15) is 67.5 Å². The van der Waals surface area contributed by atoms with Crippen LogP contribution in [0, 0.1) is 23.5 Å². The predicted octanol–water partition coefficient (Wildman–Crippen LogP) is 10.6. The summed E-state index contributed by atoms with van der Waals surface area (Å²) in [6.07, 6.45) is -9.66. The van der Waals surface area contributed by atoms with Crippen molar-refractivity contribution >= 4 is 47.0 Å². The Morgan fingerprint density at radius 1 is 0.500 bits per heavy atom. The quantitative estimate of drug-likeness (QED) is 0.0747. The normalized spacial score (nSPS) is 18.0. The van der Waals surface area contributed by atoms with Gasteiger partial charge in [0.25, 0.3) is 12.0 Å². The Morgan fingerprint density at radius 3 is 1.35 bits per heavy atom. The van der Waals surface area contributed by atoms with Crippen LogP contribution in [0.4, 0.5) is 72.0 Å². The number of Topliss-reactive ketones (excluding diaryl/α,β-unsaturated/α-hetero) is 2.